The van der Waals surface area contributed by atoms with Crippen LogP contribution < -0.4 is 0 Å². The Morgan fingerprint density at radius 1 is 1.31 bits per heavy atom. The molecule has 0 aromatic heterocycles. The highest BCUT2D eigenvalue weighted by molar-refractivity contribution is 7.89. The van der Waals surface area contributed by atoms with Crippen molar-refractivity contribution in [2.24, 2.45) is 0 Å². The SMILES string of the molecule is CCCN1C(=O)c2ccccc2CS1(=O)=O. The Kier molecular flexibility index (Phi) is 2.71. The largest absolute Gasteiger partial charge is 0.268 e. The maximum atomic E-state index is 12.0. The van der Waals surface area contributed by atoms with E-state index in [1.807, 2.05) is 6.92 Å². The zero-order valence-corrected chi connectivity index (χ0v) is 9.83. The molecule has 5 heteroatoms. The van der Waals surface area contributed by atoms with E-state index < -0.39 is 15.9 Å². The zero-order chi connectivity index (χ0) is 11.8. The normalized spacial score (nSPS) is 18.3. The summed E-state index contributed by atoms with van der Waals surface area (Å²) in [5, 5.41) is 0. The highest BCUT2D eigenvalue weighted by Crippen LogP contribution is 2.24. The Morgan fingerprint density at radius 2 is 2.00 bits per heavy atom. The lowest BCUT2D eigenvalue weighted by Gasteiger charge is -2.27. The molecular formula is C11H13NO3S. The van der Waals surface area contributed by atoms with Crippen LogP contribution in [0.5, 0.6) is 0 Å². The van der Waals surface area contributed by atoms with Crippen LogP contribution in [0.25, 0.3) is 0 Å². The molecule has 0 unspecified atom stereocenters. The average Bonchev–Trinajstić information content (AvgIpc) is 2.23. The molecule has 0 aliphatic carbocycles. The number of hydrogen-bond donors (Lipinski definition) is 0. The molecule has 4 nitrogen and oxygen atoms in total. The van der Waals surface area contributed by atoms with Crippen molar-refractivity contribution in [1.29, 1.82) is 0 Å². The van der Waals surface area contributed by atoms with Gasteiger partial charge in [-0.25, -0.2) is 12.7 Å². The van der Waals surface area contributed by atoms with Gasteiger partial charge in [-0.15, -0.1) is 0 Å². The van der Waals surface area contributed by atoms with E-state index in [1.54, 1.807) is 24.3 Å². The minimum Gasteiger partial charge on any atom is -0.268 e. The van der Waals surface area contributed by atoms with Crippen molar-refractivity contribution >= 4 is 15.9 Å². The minimum atomic E-state index is -3.46. The second-order valence-corrected chi connectivity index (χ2v) is 5.68. The smallest absolute Gasteiger partial charge is 0.267 e. The van der Waals surface area contributed by atoms with Crippen LogP contribution in [-0.4, -0.2) is 25.2 Å². The molecule has 0 fully saturated rings. The molecule has 1 aromatic rings. The maximum absolute atomic E-state index is 12.0. The lowest BCUT2D eigenvalue weighted by Crippen LogP contribution is -2.42. The molecule has 0 saturated heterocycles. The highest BCUT2D eigenvalue weighted by Gasteiger charge is 2.34. The van der Waals surface area contributed by atoms with Gasteiger partial charge in [-0.05, 0) is 18.1 Å². The van der Waals surface area contributed by atoms with Crippen LogP contribution in [0.15, 0.2) is 24.3 Å². The summed E-state index contributed by atoms with van der Waals surface area (Å²) in [5.41, 5.74) is 1.10. The summed E-state index contributed by atoms with van der Waals surface area (Å²) >= 11 is 0. The van der Waals surface area contributed by atoms with Gasteiger partial charge in [0.1, 0.15) is 0 Å². The van der Waals surface area contributed by atoms with Gasteiger partial charge in [-0.1, -0.05) is 25.1 Å². The molecule has 1 aliphatic heterocycles. The summed E-state index contributed by atoms with van der Waals surface area (Å²) in [6, 6.07) is 6.86. The van der Waals surface area contributed by atoms with Gasteiger partial charge in [-0.2, -0.15) is 0 Å². The molecule has 0 bridgehead atoms. The summed E-state index contributed by atoms with van der Waals surface area (Å²) in [7, 11) is -3.46. The molecule has 0 radical (unpaired) electrons. The van der Waals surface area contributed by atoms with Gasteiger partial charge in [0.15, 0.2) is 0 Å². The second-order valence-electron chi connectivity index (χ2n) is 3.79. The predicted molar refractivity (Wildman–Crippen MR) is 60.4 cm³/mol. The molecule has 1 aromatic carbocycles. The number of hydrogen-bond acceptors (Lipinski definition) is 3. The van der Waals surface area contributed by atoms with E-state index in [0.717, 1.165) is 4.31 Å². The quantitative estimate of drug-likeness (QED) is 0.783. The van der Waals surface area contributed by atoms with Crippen LogP contribution in [0.3, 0.4) is 0 Å². The summed E-state index contributed by atoms with van der Waals surface area (Å²) in [6.45, 7) is 2.11. The molecule has 1 aliphatic rings. The van der Waals surface area contributed by atoms with E-state index in [4.69, 9.17) is 0 Å². The number of benzene rings is 1. The Morgan fingerprint density at radius 3 is 2.69 bits per heavy atom. The van der Waals surface area contributed by atoms with Crippen LogP contribution in [0.1, 0.15) is 29.3 Å². The Bertz CT molecular complexity index is 522. The van der Waals surface area contributed by atoms with Crippen LogP contribution >= 0.6 is 0 Å². The fourth-order valence-electron chi connectivity index (χ4n) is 1.83. The summed E-state index contributed by atoms with van der Waals surface area (Å²) < 4.78 is 24.7. The average molecular weight is 239 g/mol. The lowest BCUT2D eigenvalue weighted by molar-refractivity contribution is 0.0856. The summed E-state index contributed by atoms with van der Waals surface area (Å²) in [5.74, 6) is -0.474. The molecule has 0 spiro atoms. The standard InChI is InChI=1S/C11H13NO3S/c1-2-7-12-11(13)10-6-4-3-5-9(10)8-16(12,14)15/h3-6H,2,7-8H2,1H3. The number of nitrogens with zero attached hydrogens (tertiary/aromatic N) is 1. The monoisotopic (exact) mass is 239 g/mol. The highest BCUT2D eigenvalue weighted by atomic mass is 32.2. The molecule has 1 amide bonds. The van der Waals surface area contributed by atoms with Crippen LogP contribution in [0.2, 0.25) is 0 Å². The maximum Gasteiger partial charge on any atom is 0.267 e. The fraction of sp³-hybridized carbons (Fsp3) is 0.364. The van der Waals surface area contributed by atoms with Crippen molar-refractivity contribution in [2.75, 3.05) is 6.54 Å². The van der Waals surface area contributed by atoms with Crippen molar-refractivity contribution < 1.29 is 13.2 Å². The minimum absolute atomic E-state index is 0.0745. The Hall–Kier alpha value is -1.36. The van der Waals surface area contributed by atoms with Gasteiger partial charge in [-0.3, -0.25) is 4.79 Å². The predicted octanol–water partition coefficient (Wildman–Crippen LogP) is 1.38. The summed E-state index contributed by atoms with van der Waals surface area (Å²) in [4.78, 5) is 12.0. The third-order valence-electron chi connectivity index (χ3n) is 2.57. The molecular weight excluding hydrogens is 226 g/mol. The molecule has 2 rings (SSSR count). The van der Waals surface area contributed by atoms with Gasteiger partial charge in [0.2, 0.25) is 10.0 Å². The number of fused-ring (bicyclic) bond motifs is 1. The first kappa shape index (κ1) is 11.1. The fourth-order valence-corrected chi connectivity index (χ4v) is 3.45. The molecule has 86 valence electrons. The van der Waals surface area contributed by atoms with Gasteiger partial charge in [0, 0.05) is 12.1 Å². The first-order valence-corrected chi connectivity index (χ1v) is 6.80. The molecule has 16 heavy (non-hydrogen) atoms. The van der Waals surface area contributed by atoms with Gasteiger partial charge in [0.05, 0.1) is 5.75 Å². The van der Waals surface area contributed by atoms with Gasteiger partial charge >= 0.3 is 0 Å². The lowest BCUT2D eigenvalue weighted by atomic mass is 10.1. The van der Waals surface area contributed by atoms with E-state index in [2.05, 4.69) is 0 Å². The van der Waals surface area contributed by atoms with Crippen LogP contribution in [-0.2, 0) is 15.8 Å². The summed E-state index contributed by atoms with van der Waals surface area (Å²) in [6.07, 6.45) is 0.632. The van der Waals surface area contributed by atoms with E-state index in [9.17, 15) is 13.2 Å². The number of carbonyl (C=O) groups excluding carboxylic acids is 1. The van der Waals surface area contributed by atoms with Gasteiger partial charge in [0.25, 0.3) is 5.91 Å². The number of carbonyl (C=O) groups is 1. The van der Waals surface area contributed by atoms with E-state index in [1.165, 1.54) is 0 Å². The van der Waals surface area contributed by atoms with Crippen molar-refractivity contribution in [3.63, 3.8) is 0 Å². The van der Waals surface area contributed by atoms with Gasteiger partial charge < -0.3 is 0 Å². The number of rotatable bonds is 2. The van der Waals surface area contributed by atoms with Crippen LogP contribution in [0.4, 0.5) is 0 Å². The van der Waals surface area contributed by atoms with Crippen molar-refractivity contribution in [2.45, 2.75) is 19.1 Å². The molecule has 0 saturated carbocycles. The Labute approximate surface area is 94.9 Å². The van der Waals surface area contributed by atoms with Crippen molar-refractivity contribution in [3.8, 4) is 0 Å². The van der Waals surface area contributed by atoms with E-state index in [-0.39, 0.29) is 12.3 Å². The van der Waals surface area contributed by atoms with E-state index in [0.29, 0.717) is 17.5 Å². The third kappa shape index (κ3) is 1.71. The third-order valence-corrected chi connectivity index (χ3v) is 4.27. The van der Waals surface area contributed by atoms with E-state index >= 15 is 0 Å². The first-order valence-electron chi connectivity index (χ1n) is 5.19. The zero-order valence-electron chi connectivity index (χ0n) is 9.01. The van der Waals surface area contributed by atoms with Crippen LogP contribution in [0, 0.1) is 0 Å². The van der Waals surface area contributed by atoms with Crippen molar-refractivity contribution in [1.82, 2.24) is 4.31 Å². The first-order chi connectivity index (χ1) is 7.56. The number of amides is 1. The Balaban J connectivity index is 2.52. The molecule has 1 heterocycles. The number of sulfonamides is 1. The molecule has 0 N–H and O–H groups in total. The van der Waals surface area contributed by atoms with Crippen molar-refractivity contribution in [3.05, 3.63) is 35.4 Å². The topological polar surface area (TPSA) is 54.5 Å². The molecule has 0 atom stereocenters. The second kappa shape index (κ2) is 3.90.